The molecule has 1 aliphatic heterocycles. The van der Waals surface area contributed by atoms with Crippen molar-refractivity contribution in [3.8, 4) is 0 Å². The van der Waals surface area contributed by atoms with Crippen molar-refractivity contribution in [2.45, 2.75) is 44.3 Å². The Kier molecular flexibility index (Phi) is 7.13. The largest absolute Gasteiger partial charge is 0.481 e. The highest BCUT2D eigenvalue weighted by Crippen LogP contribution is 2.37. The number of carbonyl (C=O) groups excluding carboxylic acids is 1. The third-order valence-corrected chi connectivity index (χ3v) is 4.51. The van der Waals surface area contributed by atoms with Crippen LogP contribution in [0.2, 0.25) is 0 Å². The van der Waals surface area contributed by atoms with Gasteiger partial charge in [0.05, 0.1) is 11.8 Å². The van der Waals surface area contributed by atoms with Gasteiger partial charge in [0.15, 0.2) is 0 Å². The summed E-state index contributed by atoms with van der Waals surface area (Å²) in [5.41, 5.74) is 0. The Labute approximate surface area is 139 Å². The third kappa shape index (κ3) is 5.53. The van der Waals surface area contributed by atoms with E-state index in [9.17, 15) is 22.8 Å². The summed E-state index contributed by atoms with van der Waals surface area (Å²) in [6.45, 7) is -0.345. The fourth-order valence-electron chi connectivity index (χ4n) is 3.28. The summed E-state index contributed by atoms with van der Waals surface area (Å²) in [7, 11) is 0. The number of rotatable bonds is 5. The Morgan fingerprint density at radius 1 is 1.17 bits per heavy atom. The minimum absolute atomic E-state index is 0. The summed E-state index contributed by atoms with van der Waals surface area (Å²) in [6.07, 6.45) is -0.341. The van der Waals surface area contributed by atoms with Gasteiger partial charge < -0.3 is 15.3 Å². The first-order chi connectivity index (χ1) is 10.3. The molecule has 1 heterocycles. The van der Waals surface area contributed by atoms with Crippen LogP contribution in [0.25, 0.3) is 0 Å². The van der Waals surface area contributed by atoms with Gasteiger partial charge in [-0.05, 0) is 12.8 Å². The molecule has 2 fully saturated rings. The monoisotopic (exact) mass is 358 g/mol. The molecule has 0 spiro atoms. The molecule has 0 radical (unpaired) electrons. The first-order valence-electron chi connectivity index (χ1n) is 7.58. The number of carboxylic acid groups (broad SMARTS) is 1. The molecule has 0 aromatic rings. The molecule has 2 rings (SSSR count). The molecule has 134 valence electrons. The number of carboxylic acids is 1. The number of aliphatic carboxylic acids is 1. The smallest absolute Gasteiger partial charge is 0.393 e. The van der Waals surface area contributed by atoms with Crippen LogP contribution in [0.5, 0.6) is 0 Å². The van der Waals surface area contributed by atoms with Crippen LogP contribution in [0, 0.1) is 11.8 Å². The summed E-state index contributed by atoms with van der Waals surface area (Å²) < 4.78 is 38.5. The van der Waals surface area contributed by atoms with E-state index in [0.29, 0.717) is 0 Å². The average molecular weight is 359 g/mol. The second-order valence-corrected chi connectivity index (χ2v) is 6.15. The molecular formula is C14H22ClF3N2O3. The average Bonchev–Trinajstić information content (AvgIpc) is 3.04. The highest BCUT2D eigenvalue weighted by atomic mass is 35.5. The van der Waals surface area contributed by atoms with Crippen LogP contribution in [0.4, 0.5) is 13.2 Å². The third-order valence-electron chi connectivity index (χ3n) is 4.51. The van der Waals surface area contributed by atoms with Gasteiger partial charge in [-0.15, -0.1) is 12.4 Å². The number of carbonyl (C=O) groups is 2. The van der Waals surface area contributed by atoms with Gasteiger partial charge in [0.2, 0.25) is 5.91 Å². The van der Waals surface area contributed by atoms with Gasteiger partial charge in [0, 0.05) is 32.1 Å². The zero-order valence-electron chi connectivity index (χ0n) is 12.6. The van der Waals surface area contributed by atoms with Crippen molar-refractivity contribution in [3.63, 3.8) is 0 Å². The molecule has 1 saturated carbocycles. The summed E-state index contributed by atoms with van der Waals surface area (Å²) in [5, 5.41) is 11.8. The first-order valence-corrected chi connectivity index (χ1v) is 7.58. The van der Waals surface area contributed by atoms with Crippen molar-refractivity contribution in [3.05, 3.63) is 0 Å². The van der Waals surface area contributed by atoms with Gasteiger partial charge in [-0.1, -0.05) is 12.8 Å². The van der Waals surface area contributed by atoms with Crippen molar-refractivity contribution in [2.24, 2.45) is 11.8 Å². The highest BCUT2D eigenvalue weighted by Gasteiger charge is 2.52. The normalized spacial score (nSPS) is 26.0. The van der Waals surface area contributed by atoms with E-state index < -0.39 is 24.0 Å². The maximum atomic E-state index is 12.8. The van der Waals surface area contributed by atoms with Crippen LogP contribution in [0.3, 0.4) is 0 Å². The Hall–Kier alpha value is -1.02. The molecule has 9 heteroatoms. The van der Waals surface area contributed by atoms with Gasteiger partial charge in [-0.2, -0.15) is 13.2 Å². The Balaban J connectivity index is 0.00000264. The van der Waals surface area contributed by atoms with Crippen molar-refractivity contribution < 1.29 is 27.9 Å². The van der Waals surface area contributed by atoms with E-state index in [4.69, 9.17) is 5.11 Å². The standard InChI is InChI=1S/C14H21F3N2O3.ClH/c15-14(16,17)11-8-19(7-10(11)13(21)22)6-5-12(20)18-9-3-1-2-4-9;/h9-11H,1-8H2,(H,18,20)(H,21,22);1H/t10-,11-;/m1./s1. The second-order valence-electron chi connectivity index (χ2n) is 6.15. The Morgan fingerprint density at radius 2 is 1.78 bits per heavy atom. The van der Waals surface area contributed by atoms with Crippen molar-refractivity contribution >= 4 is 24.3 Å². The molecule has 2 N–H and O–H groups in total. The summed E-state index contributed by atoms with van der Waals surface area (Å²) in [6, 6.07) is 0.181. The molecule has 0 aromatic carbocycles. The molecule has 0 aromatic heterocycles. The van der Waals surface area contributed by atoms with Gasteiger partial charge >= 0.3 is 12.1 Å². The van der Waals surface area contributed by atoms with Crippen LogP contribution in [-0.4, -0.2) is 53.7 Å². The van der Waals surface area contributed by atoms with Crippen LogP contribution in [-0.2, 0) is 9.59 Å². The lowest BCUT2D eigenvalue weighted by Gasteiger charge is -2.18. The lowest BCUT2D eigenvalue weighted by atomic mass is 9.96. The van der Waals surface area contributed by atoms with Crippen molar-refractivity contribution in [2.75, 3.05) is 19.6 Å². The number of halogens is 4. The lowest BCUT2D eigenvalue weighted by Crippen LogP contribution is -2.35. The number of hydrogen-bond acceptors (Lipinski definition) is 3. The van der Waals surface area contributed by atoms with Gasteiger partial charge in [-0.25, -0.2) is 0 Å². The van der Waals surface area contributed by atoms with Crippen molar-refractivity contribution in [1.82, 2.24) is 10.2 Å². The van der Waals surface area contributed by atoms with E-state index in [1.807, 2.05) is 0 Å². The summed E-state index contributed by atoms with van der Waals surface area (Å²) in [4.78, 5) is 24.2. The van der Waals surface area contributed by atoms with Crippen LogP contribution < -0.4 is 5.32 Å². The van der Waals surface area contributed by atoms with E-state index in [2.05, 4.69) is 5.32 Å². The van der Waals surface area contributed by atoms with E-state index in [-0.39, 0.29) is 50.4 Å². The quantitative estimate of drug-likeness (QED) is 0.789. The molecule has 2 aliphatic rings. The molecule has 5 nitrogen and oxygen atoms in total. The minimum atomic E-state index is -4.52. The Bertz CT molecular complexity index is 428. The molecule has 0 unspecified atom stereocenters. The van der Waals surface area contributed by atoms with E-state index in [1.165, 1.54) is 4.90 Å². The number of hydrogen-bond donors (Lipinski definition) is 2. The molecule has 23 heavy (non-hydrogen) atoms. The van der Waals surface area contributed by atoms with Gasteiger partial charge in [-0.3, -0.25) is 9.59 Å². The number of nitrogens with zero attached hydrogens (tertiary/aromatic N) is 1. The second kappa shape index (κ2) is 8.19. The zero-order valence-corrected chi connectivity index (χ0v) is 13.5. The maximum absolute atomic E-state index is 12.8. The molecule has 2 atom stereocenters. The summed E-state index contributed by atoms with van der Waals surface area (Å²) >= 11 is 0. The van der Waals surface area contributed by atoms with E-state index in [0.717, 1.165) is 25.7 Å². The summed E-state index contributed by atoms with van der Waals surface area (Å²) in [5.74, 6) is -4.91. The fourth-order valence-corrected chi connectivity index (χ4v) is 3.28. The highest BCUT2D eigenvalue weighted by molar-refractivity contribution is 5.85. The Morgan fingerprint density at radius 3 is 2.26 bits per heavy atom. The number of nitrogens with one attached hydrogen (secondary N) is 1. The SMILES string of the molecule is Cl.O=C(CCN1C[C@@H](C(F)(F)F)[C@H](C(=O)O)C1)NC1CCCC1. The molecule has 1 saturated heterocycles. The number of alkyl halides is 3. The fraction of sp³-hybridized carbons (Fsp3) is 0.857. The molecule has 1 amide bonds. The lowest BCUT2D eigenvalue weighted by molar-refractivity contribution is -0.188. The van der Waals surface area contributed by atoms with E-state index >= 15 is 0 Å². The van der Waals surface area contributed by atoms with Gasteiger partial charge in [0.1, 0.15) is 0 Å². The maximum Gasteiger partial charge on any atom is 0.393 e. The predicted octanol–water partition coefficient (Wildman–Crippen LogP) is 2.05. The number of likely N-dealkylation sites (tertiary alicyclic amines) is 1. The first kappa shape index (κ1) is 20.0. The predicted molar refractivity (Wildman–Crippen MR) is 79.4 cm³/mol. The molecule has 0 bridgehead atoms. The van der Waals surface area contributed by atoms with Gasteiger partial charge in [0.25, 0.3) is 0 Å². The minimum Gasteiger partial charge on any atom is -0.481 e. The van der Waals surface area contributed by atoms with Crippen LogP contribution >= 0.6 is 12.4 Å². The van der Waals surface area contributed by atoms with Crippen molar-refractivity contribution in [1.29, 1.82) is 0 Å². The van der Waals surface area contributed by atoms with E-state index in [1.54, 1.807) is 0 Å². The van der Waals surface area contributed by atoms with Crippen LogP contribution in [0.15, 0.2) is 0 Å². The molecular weight excluding hydrogens is 337 g/mol. The van der Waals surface area contributed by atoms with Crippen LogP contribution in [0.1, 0.15) is 32.1 Å². The topological polar surface area (TPSA) is 69.6 Å². The molecule has 1 aliphatic carbocycles. The zero-order chi connectivity index (χ0) is 16.3. The number of amides is 1.